The van der Waals surface area contributed by atoms with Gasteiger partial charge in [0.2, 0.25) is 0 Å². The molecule has 0 aliphatic rings. The van der Waals surface area contributed by atoms with Gasteiger partial charge in [-0.05, 0) is 6.42 Å². The maximum atomic E-state index is 10.9. The Morgan fingerprint density at radius 1 is 1.41 bits per heavy atom. The molecular formula is C11H18N5O5P. The standard InChI is InChI=1S/C11H18N5O5P/c1-20-3-2-8(4-21-7-22(17,18)19)16-6-15-11-9(16)10(12)13-5-14-11/h5-6,8H,2-4,7H2,1H3,(H2,12,13,14)(H2,17,18,19). The molecule has 0 aliphatic carbocycles. The molecule has 122 valence electrons. The number of nitrogens with two attached hydrogens (primary N) is 1. The second kappa shape index (κ2) is 7.12. The van der Waals surface area contributed by atoms with Crippen LogP contribution in [-0.4, -0.2) is 56.0 Å². The molecule has 0 saturated carbocycles. The van der Waals surface area contributed by atoms with E-state index in [2.05, 4.69) is 15.0 Å². The van der Waals surface area contributed by atoms with Crippen LogP contribution in [0.4, 0.5) is 5.82 Å². The first-order valence-corrected chi connectivity index (χ1v) is 8.26. The van der Waals surface area contributed by atoms with E-state index in [0.717, 1.165) is 0 Å². The molecule has 22 heavy (non-hydrogen) atoms. The molecule has 1 atom stereocenters. The van der Waals surface area contributed by atoms with Crippen LogP contribution in [0.2, 0.25) is 0 Å². The Bertz CT molecular complexity index is 672. The van der Waals surface area contributed by atoms with Crippen molar-refractivity contribution >= 4 is 24.6 Å². The second-order valence-electron chi connectivity index (χ2n) is 4.68. The summed E-state index contributed by atoms with van der Waals surface area (Å²) in [5, 5.41) is 0. The van der Waals surface area contributed by atoms with Crippen LogP contribution in [0.25, 0.3) is 11.2 Å². The van der Waals surface area contributed by atoms with Gasteiger partial charge in [-0.3, -0.25) is 4.57 Å². The van der Waals surface area contributed by atoms with Crippen LogP contribution in [0.3, 0.4) is 0 Å². The number of fused-ring (bicyclic) bond motifs is 1. The van der Waals surface area contributed by atoms with Gasteiger partial charge in [0.05, 0.1) is 19.0 Å². The first-order chi connectivity index (χ1) is 10.4. The van der Waals surface area contributed by atoms with E-state index < -0.39 is 13.9 Å². The number of imidazole rings is 1. The number of anilines is 1. The number of ether oxygens (including phenoxy) is 2. The summed E-state index contributed by atoms with van der Waals surface area (Å²) in [6.45, 7) is 0.519. The third kappa shape index (κ3) is 4.21. The summed E-state index contributed by atoms with van der Waals surface area (Å²) in [5.41, 5.74) is 6.86. The van der Waals surface area contributed by atoms with Crippen molar-refractivity contribution in [2.45, 2.75) is 12.5 Å². The minimum absolute atomic E-state index is 0.0776. The largest absolute Gasteiger partial charge is 0.385 e. The number of rotatable bonds is 8. The smallest absolute Gasteiger partial charge is 0.350 e. The molecule has 0 radical (unpaired) electrons. The van der Waals surface area contributed by atoms with Crippen molar-refractivity contribution in [1.82, 2.24) is 19.5 Å². The zero-order chi connectivity index (χ0) is 16.2. The number of hydrogen-bond acceptors (Lipinski definition) is 7. The van der Waals surface area contributed by atoms with Crippen molar-refractivity contribution in [2.75, 3.05) is 32.4 Å². The Kier molecular flexibility index (Phi) is 5.43. The van der Waals surface area contributed by atoms with Gasteiger partial charge in [0.15, 0.2) is 11.5 Å². The number of nitrogens with zero attached hydrogens (tertiary/aromatic N) is 4. The number of hydrogen-bond donors (Lipinski definition) is 3. The monoisotopic (exact) mass is 331 g/mol. The molecular weight excluding hydrogens is 313 g/mol. The molecule has 2 aromatic rings. The normalized spacial score (nSPS) is 13.6. The van der Waals surface area contributed by atoms with Gasteiger partial charge in [-0.2, -0.15) is 0 Å². The van der Waals surface area contributed by atoms with E-state index in [1.54, 1.807) is 18.0 Å². The predicted molar refractivity (Wildman–Crippen MR) is 78.1 cm³/mol. The number of aromatic nitrogens is 4. The van der Waals surface area contributed by atoms with Crippen LogP contribution >= 0.6 is 7.60 Å². The molecule has 0 aliphatic heterocycles. The third-order valence-electron chi connectivity index (χ3n) is 3.01. The third-order valence-corrected chi connectivity index (χ3v) is 3.53. The Labute approximate surface area is 126 Å². The quantitative estimate of drug-likeness (QED) is 0.575. The van der Waals surface area contributed by atoms with E-state index >= 15 is 0 Å². The first-order valence-electron chi connectivity index (χ1n) is 6.46. The Morgan fingerprint density at radius 2 is 2.18 bits per heavy atom. The highest BCUT2D eigenvalue weighted by molar-refractivity contribution is 7.51. The summed E-state index contributed by atoms with van der Waals surface area (Å²) in [4.78, 5) is 29.8. The molecule has 1 unspecified atom stereocenters. The van der Waals surface area contributed by atoms with Crippen molar-refractivity contribution in [3.8, 4) is 0 Å². The second-order valence-corrected chi connectivity index (χ2v) is 6.27. The van der Waals surface area contributed by atoms with Crippen molar-refractivity contribution in [2.24, 2.45) is 0 Å². The van der Waals surface area contributed by atoms with Gasteiger partial charge in [0.1, 0.15) is 18.2 Å². The van der Waals surface area contributed by atoms with E-state index in [0.29, 0.717) is 24.2 Å². The molecule has 11 heteroatoms. The van der Waals surface area contributed by atoms with Crippen LogP contribution in [0.5, 0.6) is 0 Å². The summed E-state index contributed by atoms with van der Waals surface area (Å²) in [5.74, 6) is 0.278. The van der Waals surface area contributed by atoms with Crippen molar-refractivity contribution in [3.63, 3.8) is 0 Å². The Balaban J connectivity index is 2.21. The average molecular weight is 331 g/mol. The van der Waals surface area contributed by atoms with Crippen LogP contribution in [0.1, 0.15) is 12.5 Å². The molecule has 0 amide bonds. The van der Waals surface area contributed by atoms with Gasteiger partial charge in [-0.1, -0.05) is 0 Å². The highest BCUT2D eigenvalue weighted by Gasteiger charge is 2.19. The van der Waals surface area contributed by atoms with E-state index in [4.69, 9.17) is 25.0 Å². The van der Waals surface area contributed by atoms with Crippen molar-refractivity contribution in [3.05, 3.63) is 12.7 Å². The van der Waals surface area contributed by atoms with Crippen LogP contribution in [-0.2, 0) is 14.0 Å². The minimum Gasteiger partial charge on any atom is -0.385 e. The molecule has 2 heterocycles. The first kappa shape index (κ1) is 16.8. The minimum atomic E-state index is -4.21. The van der Waals surface area contributed by atoms with E-state index in [1.807, 2.05) is 0 Å². The SMILES string of the molecule is COCCC(COCP(=O)(O)O)n1cnc2ncnc(N)c21. The van der Waals surface area contributed by atoms with E-state index in [-0.39, 0.29) is 18.5 Å². The molecule has 0 aromatic carbocycles. The summed E-state index contributed by atoms with van der Waals surface area (Å²) in [6.07, 6.45) is 2.78. The molecule has 2 aromatic heterocycles. The maximum Gasteiger partial charge on any atom is 0.350 e. The van der Waals surface area contributed by atoms with Gasteiger partial charge >= 0.3 is 7.60 Å². The Hall–Kier alpha value is -1.58. The molecule has 4 N–H and O–H groups in total. The summed E-state index contributed by atoms with van der Waals surface area (Å²) >= 11 is 0. The molecule has 10 nitrogen and oxygen atoms in total. The molecule has 0 saturated heterocycles. The molecule has 0 fully saturated rings. The van der Waals surface area contributed by atoms with E-state index in [1.165, 1.54) is 6.33 Å². The topological polar surface area (TPSA) is 146 Å². The van der Waals surface area contributed by atoms with Crippen LogP contribution < -0.4 is 5.73 Å². The lowest BCUT2D eigenvalue weighted by Gasteiger charge is -2.19. The number of nitrogen functional groups attached to an aromatic ring is 1. The van der Waals surface area contributed by atoms with Crippen LogP contribution in [0, 0.1) is 0 Å². The lowest BCUT2D eigenvalue weighted by Crippen LogP contribution is -2.18. The fraction of sp³-hybridized carbons (Fsp3) is 0.545. The van der Waals surface area contributed by atoms with Crippen LogP contribution in [0.15, 0.2) is 12.7 Å². The predicted octanol–water partition coefficient (Wildman–Crippen LogP) is 0.138. The Morgan fingerprint density at radius 3 is 2.86 bits per heavy atom. The van der Waals surface area contributed by atoms with Gasteiger partial charge in [0.25, 0.3) is 0 Å². The zero-order valence-corrected chi connectivity index (χ0v) is 12.9. The number of methoxy groups -OCH3 is 1. The van der Waals surface area contributed by atoms with Gasteiger partial charge < -0.3 is 29.6 Å². The van der Waals surface area contributed by atoms with Crippen molar-refractivity contribution in [1.29, 1.82) is 0 Å². The van der Waals surface area contributed by atoms with E-state index in [9.17, 15) is 4.57 Å². The highest BCUT2D eigenvalue weighted by Crippen LogP contribution is 2.34. The van der Waals surface area contributed by atoms with Gasteiger partial charge in [-0.25, -0.2) is 15.0 Å². The fourth-order valence-electron chi connectivity index (χ4n) is 2.04. The summed E-state index contributed by atoms with van der Waals surface area (Å²) < 4.78 is 22.8. The lowest BCUT2D eigenvalue weighted by molar-refractivity contribution is 0.103. The van der Waals surface area contributed by atoms with Gasteiger partial charge in [0, 0.05) is 13.7 Å². The zero-order valence-electron chi connectivity index (χ0n) is 12.0. The summed E-state index contributed by atoms with van der Waals surface area (Å²) in [7, 11) is -2.64. The summed E-state index contributed by atoms with van der Waals surface area (Å²) in [6, 6.07) is -0.259. The van der Waals surface area contributed by atoms with Gasteiger partial charge in [-0.15, -0.1) is 0 Å². The van der Waals surface area contributed by atoms with Crippen molar-refractivity contribution < 1.29 is 23.8 Å². The fourth-order valence-corrected chi connectivity index (χ4v) is 2.38. The maximum absolute atomic E-state index is 10.9. The lowest BCUT2D eigenvalue weighted by atomic mass is 10.2. The molecule has 2 rings (SSSR count). The average Bonchev–Trinajstić information content (AvgIpc) is 2.87. The molecule has 0 bridgehead atoms. The highest BCUT2D eigenvalue weighted by atomic mass is 31.2. The molecule has 0 spiro atoms.